The Balaban J connectivity index is 2.35. The van der Waals surface area contributed by atoms with Gasteiger partial charge in [-0.25, -0.2) is 0 Å². The second-order valence-corrected chi connectivity index (χ2v) is 4.63. The summed E-state index contributed by atoms with van der Waals surface area (Å²) in [5, 5.41) is 18.6. The van der Waals surface area contributed by atoms with Crippen LogP contribution in [0.1, 0.15) is 11.1 Å². The molecule has 0 saturated carbocycles. The maximum Gasteiger partial charge on any atom is 0.121 e. The number of aliphatic hydroxyl groups excluding tert-OH is 1. The summed E-state index contributed by atoms with van der Waals surface area (Å²) in [7, 11) is 1.60. The lowest BCUT2D eigenvalue weighted by Crippen LogP contribution is -2.26. The third kappa shape index (κ3) is 3.74. The fourth-order valence-corrected chi connectivity index (χ4v) is 2.20. The van der Waals surface area contributed by atoms with Crippen LogP contribution in [0.5, 0.6) is 5.75 Å². The second kappa shape index (κ2) is 7.32. The molecule has 0 heterocycles. The van der Waals surface area contributed by atoms with E-state index in [9.17, 15) is 10.4 Å². The topological polar surface area (TPSA) is 56.5 Å². The van der Waals surface area contributed by atoms with E-state index >= 15 is 0 Å². The number of nitrogens with zero attached hydrogens (tertiary/aromatic N) is 2. The minimum atomic E-state index is 0.0227. The van der Waals surface area contributed by atoms with Crippen LogP contribution in [0.15, 0.2) is 48.5 Å². The molecule has 0 saturated heterocycles. The maximum atomic E-state index is 9.31. The van der Waals surface area contributed by atoms with Crippen LogP contribution in [0.2, 0.25) is 0 Å². The average Bonchev–Trinajstić information content (AvgIpc) is 2.55. The fraction of sp³-hybridized carbons (Fsp3) is 0.235. The molecule has 0 spiro atoms. The van der Waals surface area contributed by atoms with Crippen molar-refractivity contribution in [2.75, 3.05) is 25.2 Å². The Bertz CT molecular complexity index is 620. The molecular weight excluding hydrogens is 264 g/mol. The van der Waals surface area contributed by atoms with Gasteiger partial charge in [0.05, 0.1) is 25.0 Å². The van der Waals surface area contributed by atoms with Gasteiger partial charge in [0.25, 0.3) is 0 Å². The van der Waals surface area contributed by atoms with Crippen molar-refractivity contribution in [2.24, 2.45) is 0 Å². The number of rotatable bonds is 6. The predicted octanol–water partition coefficient (Wildman–Crippen LogP) is 2.57. The molecule has 1 N–H and O–H groups in total. The van der Waals surface area contributed by atoms with Crippen LogP contribution >= 0.6 is 0 Å². The number of benzene rings is 2. The summed E-state index contributed by atoms with van der Waals surface area (Å²) in [5.41, 5.74) is 2.47. The molecule has 0 atom stereocenters. The van der Waals surface area contributed by atoms with Crippen LogP contribution in [0.3, 0.4) is 0 Å². The number of nitriles is 1. The normalized spacial score (nSPS) is 9.95. The van der Waals surface area contributed by atoms with E-state index in [1.54, 1.807) is 19.2 Å². The summed E-state index contributed by atoms with van der Waals surface area (Å²) >= 11 is 0. The number of anilines is 1. The molecule has 0 radical (unpaired) electrons. The fourth-order valence-electron chi connectivity index (χ4n) is 2.20. The monoisotopic (exact) mass is 282 g/mol. The Morgan fingerprint density at radius 3 is 2.57 bits per heavy atom. The molecule has 21 heavy (non-hydrogen) atoms. The first-order valence-corrected chi connectivity index (χ1v) is 6.76. The van der Waals surface area contributed by atoms with Gasteiger partial charge in [-0.2, -0.15) is 5.26 Å². The van der Waals surface area contributed by atoms with E-state index in [4.69, 9.17) is 4.74 Å². The molecule has 0 unspecified atom stereocenters. The maximum absolute atomic E-state index is 9.31. The van der Waals surface area contributed by atoms with E-state index in [2.05, 4.69) is 6.07 Å². The summed E-state index contributed by atoms with van der Waals surface area (Å²) < 4.78 is 5.23. The summed E-state index contributed by atoms with van der Waals surface area (Å²) in [4.78, 5) is 1.98. The number of methoxy groups -OCH3 is 1. The zero-order valence-electron chi connectivity index (χ0n) is 12.0. The first-order valence-electron chi connectivity index (χ1n) is 6.76. The van der Waals surface area contributed by atoms with Gasteiger partial charge in [0, 0.05) is 19.2 Å². The zero-order valence-corrected chi connectivity index (χ0v) is 12.0. The van der Waals surface area contributed by atoms with Gasteiger partial charge in [0.1, 0.15) is 11.8 Å². The number of aliphatic hydroxyl groups is 1. The van der Waals surface area contributed by atoms with E-state index in [-0.39, 0.29) is 6.61 Å². The van der Waals surface area contributed by atoms with E-state index in [1.807, 2.05) is 41.3 Å². The molecule has 0 aliphatic carbocycles. The highest BCUT2D eigenvalue weighted by atomic mass is 16.5. The summed E-state index contributed by atoms with van der Waals surface area (Å²) in [6.45, 7) is 1.11. The number of hydrogen-bond donors (Lipinski definition) is 1. The van der Waals surface area contributed by atoms with Crippen molar-refractivity contribution < 1.29 is 9.84 Å². The largest absolute Gasteiger partial charge is 0.497 e. The highest BCUT2D eigenvalue weighted by molar-refractivity contribution is 5.62. The van der Waals surface area contributed by atoms with Crippen LogP contribution in [-0.2, 0) is 6.54 Å². The molecule has 0 amide bonds. The lowest BCUT2D eigenvalue weighted by molar-refractivity contribution is 0.301. The van der Waals surface area contributed by atoms with Crippen molar-refractivity contribution in [3.05, 3.63) is 59.7 Å². The third-order valence-corrected chi connectivity index (χ3v) is 3.25. The molecule has 2 aromatic rings. The number of ether oxygens (including phenoxy) is 1. The van der Waals surface area contributed by atoms with Crippen LogP contribution in [0, 0.1) is 11.3 Å². The van der Waals surface area contributed by atoms with Gasteiger partial charge in [-0.05, 0) is 17.7 Å². The van der Waals surface area contributed by atoms with Gasteiger partial charge >= 0.3 is 0 Å². The Labute approximate surface area is 124 Å². The average molecular weight is 282 g/mol. The van der Waals surface area contributed by atoms with Crippen molar-refractivity contribution in [3.8, 4) is 11.8 Å². The molecule has 0 bridgehead atoms. The SMILES string of the molecule is COc1ccc(C#N)c(N(CCO)Cc2ccccc2)c1. The minimum Gasteiger partial charge on any atom is -0.497 e. The molecule has 108 valence electrons. The molecule has 2 rings (SSSR count). The van der Waals surface area contributed by atoms with Crippen LogP contribution in [0.25, 0.3) is 0 Å². The van der Waals surface area contributed by atoms with Gasteiger partial charge in [0.2, 0.25) is 0 Å². The Hall–Kier alpha value is -2.51. The smallest absolute Gasteiger partial charge is 0.121 e. The Morgan fingerprint density at radius 1 is 1.19 bits per heavy atom. The first kappa shape index (κ1) is 14.9. The highest BCUT2D eigenvalue weighted by Crippen LogP contribution is 2.27. The van der Waals surface area contributed by atoms with Crippen LogP contribution < -0.4 is 9.64 Å². The van der Waals surface area contributed by atoms with E-state index in [0.29, 0.717) is 24.4 Å². The van der Waals surface area contributed by atoms with Crippen LogP contribution in [-0.4, -0.2) is 25.4 Å². The van der Waals surface area contributed by atoms with Gasteiger partial charge in [-0.3, -0.25) is 0 Å². The lowest BCUT2D eigenvalue weighted by atomic mass is 10.1. The number of hydrogen-bond acceptors (Lipinski definition) is 4. The van der Waals surface area contributed by atoms with E-state index < -0.39 is 0 Å². The quantitative estimate of drug-likeness (QED) is 0.884. The van der Waals surface area contributed by atoms with Gasteiger partial charge in [0.15, 0.2) is 0 Å². The zero-order chi connectivity index (χ0) is 15.1. The summed E-state index contributed by atoms with van der Waals surface area (Å²) in [5.74, 6) is 0.694. The van der Waals surface area contributed by atoms with E-state index in [0.717, 1.165) is 11.3 Å². The molecule has 4 heteroatoms. The van der Waals surface area contributed by atoms with Crippen LogP contribution in [0.4, 0.5) is 5.69 Å². The van der Waals surface area contributed by atoms with E-state index in [1.165, 1.54) is 0 Å². The van der Waals surface area contributed by atoms with Crippen molar-refractivity contribution in [1.82, 2.24) is 0 Å². The van der Waals surface area contributed by atoms with Gasteiger partial charge in [-0.15, -0.1) is 0 Å². The lowest BCUT2D eigenvalue weighted by Gasteiger charge is -2.25. The van der Waals surface area contributed by atoms with Crippen molar-refractivity contribution in [3.63, 3.8) is 0 Å². The minimum absolute atomic E-state index is 0.0227. The van der Waals surface area contributed by atoms with Gasteiger partial charge in [-0.1, -0.05) is 30.3 Å². The summed E-state index contributed by atoms with van der Waals surface area (Å²) in [6.07, 6.45) is 0. The molecule has 4 nitrogen and oxygen atoms in total. The Morgan fingerprint density at radius 2 is 1.95 bits per heavy atom. The Kier molecular flexibility index (Phi) is 5.19. The highest BCUT2D eigenvalue weighted by Gasteiger charge is 2.13. The molecule has 0 aliphatic heterocycles. The van der Waals surface area contributed by atoms with Crippen molar-refractivity contribution in [2.45, 2.75) is 6.54 Å². The molecule has 0 fully saturated rings. The molecule has 2 aromatic carbocycles. The molecule has 0 aromatic heterocycles. The second-order valence-electron chi connectivity index (χ2n) is 4.63. The van der Waals surface area contributed by atoms with Crippen molar-refractivity contribution in [1.29, 1.82) is 5.26 Å². The molecule has 0 aliphatic rings. The van der Waals surface area contributed by atoms with Gasteiger partial charge < -0.3 is 14.7 Å². The standard InChI is InChI=1S/C17H18N2O2/c1-21-16-8-7-15(12-18)17(11-16)19(9-10-20)13-14-5-3-2-4-6-14/h2-8,11,20H,9-10,13H2,1H3. The molecular formula is C17H18N2O2. The van der Waals surface area contributed by atoms with Crippen molar-refractivity contribution >= 4 is 5.69 Å². The summed E-state index contributed by atoms with van der Waals surface area (Å²) in [6, 6.07) is 17.5. The first-order chi connectivity index (χ1) is 10.3. The third-order valence-electron chi connectivity index (χ3n) is 3.25. The predicted molar refractivity (Wildman–Crippen MR) is 82.3 cm³/mol.